The van der Waals surface area contributed by atoms with Crippen molar-refractivity contribution in [3.63, 3.8) is 0 Å². The molecule has 4 heteroatoms. The van der Waals surface area contributed by atoms with Crippen molar-refractivity contribution in [3.05, 3.63) is 35.4 Å². The minimum absolute atomic E-state index is 0.113. The fourth-order valence-electron chi connectivity index (χ4n) is 2.19. The zero-order valence-corrected chi connectivity index (χ0v) is 13.0. The topological polar surface area (TPSA) is 41.9 Å². The highest BCUT2D eigenvalue weighted by molar-refractivity contribution is 5.96. The van der Waals surface area contributed by atoms with Crippen LogP contribution in [0, 0.1) is 0 Å². The van der Waals surface area contributed by atoms with Gasteiger partial charge in [0, 0.05) is 12.5 Å². The fourth-order valence-corrected chi connectivity index (χ4v) is 2.19. The molecule has 1 aromatic carbocycles. The Morgan fingerprint density at radius 2 is 1.75 bits per heavy atom. The molecule has 0 aliphatic carbocycles. The van der Waals surface area contributed by atoms with Crippen molar-refractivity contribution in [1.82, 2.24) is 5.01 Å². The molecule has 1 aromatic rings. The number of carbonyl (C=O) groups excluding carboxylic acids is 1. The van der Waals surface area contributed by atoms with Crippen molar-refractivity contribution < 1.29 is 9.53 Å². The molecule has 108 valence electrons. The lowest BCUT2D eigenvalue weighted by Gasteiger charge is -2.26. The molecule has 0 radical (unpaired) electrons. The summed E-state index contributed by atoms with van der Waals surface area (Å²) in [6.45, 7) is 11.7. The summed E-state index contributed by atoms with van der Waals surface area (Å²) in [5.41, 5.74) is 1.52. The molecular weight excluding hydrogens is 252 g/mol. The lowest BCUT2D eigenvalue weighted by atomic mass is 9.87. The number of hydrogen-bond donors (Lipinski definition) is 0. The summed E-state index contributed by atoms with van der Waals surface area (Å²) in [6.07, 6.45) is 0. The monoisotopic (exact) mass is 274 g/mol. The number of benzene rings is 1. The highest BCUT2D eigenvalue weighted by Crippen LogP contribution is 2.28. The fraction of sp³-hybridized carbons (Fsp3) is 0.500. The van der Waals surface area contributed by atoms with Gasteiger partial charge in [0.1, 0.15) is 0 Å². The summed E-state index contributed by atoms with van der Waals surface area (Å²) in [7, 11) is 0. The van der Waals surface area contributed by atoms with E-state index in [0.29, 0.717) is 5.90 Å². The van der Waals surface area contributed by atoms with Gasteiger partial charge in [-0.3, -0.25) is 4.79 Å². The molecule has 0 saturated heterocycles. The van der Waals surface area contributed by atoms with Gasteiger partial charge in [-0.1, -0.05) is 32.9 Å². The number of amides is 1. The third-order valence-corrected chi connectivity index (χ3v) is 3.34. The lowest BCUT2D eigenvalue weighted by molar-refractivity contribution is -0.142. The Labute approximate surface area is 120 Å². The molecule has 0 bridgehead atoms. The molecule has 1 aliphatic heterocycles. The minimum Gasteiger partial charge on any atom is -0.448 e. The second-order valence-corrected chi connectivity index (χ2v) is 6.61. The smallest absolute Gasteiger partial charge is 0.243 e. The Balaban J connectivity index is 2.30. The summed E-state index contributed by atoms with van der Waals surface area (Å²) in [5.74, 6) is 0.363. The van der Waals surface area contributed by atoms with Crippen LogP contribution in [0.5, 0.6) is 0 Å². The van der Waals surface area contributed by atoms with Crippen LogP contribution in [-0.4, -0.2) is 22.5 Å². The maximum Gasteiger partial charge on any atom is 0.243 e. The van der Waals surface area contributed by atoms with Crippen LogP contribution in [0.25, 0.3) is 0 Å². The third-order valence-electron chi connectivity index (χ3n) is 3.34. The van der Waals surface area contributed by atoms with Crippen molar-refractivity contribution in [2.45, 2.75) is 52.7 Å². The van der Waals surface area contributed by atoms with E-state index in [4.69, 9.17) is 4.74 Å². The van der Waals surface area contributed by atoms with Gasteiger partial charge in [0.05, 0.1) is 0 Å². The van der Waals surface area contributed by atoms with Gasteiger partial charge < -0.3 is 4.74 Å². The van der Waals surface area contributed by atoms with E-state index in [2.05, 4.69) is 38.0 Å². The molecule has 4 nitrogen and oxygen atoms in total. The van der Waals surface area contributed by atoms with Crippen molar-refractivity contribution in [2.75, 3.05) is 0 Å². The first-order valence-corrected chi connectivity index (χ1v) is 6.80. The van der Waals surface area contributed by atoms with E-state index < -0.39 is 5.72 Å². The summed E-state index contributed by atoms with van der Waals surface area (Å²) in [6, 6.07) is 8.12. The predicted molar refractivity (Wildman–Crippen MR) is 79.4 cm³/mol. The van der Waals surface area contributed by atoms with E-state index in [1.54, 1.807) is 0 Å². The first-order chi connectivity index (χ1) is 9.11. The second-order valence-electron chi connectivity index (χ2n) is 6.61. The minimum atomic E-state index is -0.732. The van der Waals surface area contributed by atoms with E-state index in [0.717, 1.165) is 5.56 Å². The molecule has 0 spiro atoms. The number of carbonyl (C=O) groups is 1. The molecule has 0 N–H and O–H groups in total. The van der Waals surface area contributed by atoms with Crippen LogP contribution < -0.4 is 0 Å². The molecule has 0 saturated carbocycles. The molecule has 1 aliphatic rings. The third kappa shape index (κ3) is 2.69. The van der Waals surface area contributed by atoms with Crippen LogP contribution in [0.1, 0.15) is 52.7 Å². The second kappa shape index (κ2) is 4.62. The van der Waals surface area contributed by atoms with Crippen LogP contribution >= 0.6 is 0 Å². The molecule has 0 unspecified atom stereocenters. The van der Waals surface area contributed by atoms with E-state index in [-0.39, 0.29) is 11.3 Å². The average Bonchev–Trinajstić information content (AvgIpc) is 2.64. The highest BCUT2D eigenvalue weighted by Gasteiger charge is 2.38. The summed E-state index contributed by atoms with van der Waals surface area (Å²) >= 11 is 0. The van der Waals surface area contributed by atoms with Gasteiger partial charge in [-0.2, -0.15) is 5.01 Å². The quantitative estimate of drug-likeness (QED) is 0.788. The maximum absolute atomic E-state index is 11.6. The van der Waals surface area contributed by atoms with Gasteiger partial charge in [0.15, 0.2) is 0 Å². The lowest BCUT2D eigenvalue weighted by Crippen LogP contribution is -2.41. The molecule has 2 rings (SSSR count). The number of hydrazone groups is 1. The number of ether oxygens (including phenoxy) is 1. The first kappa shape index (κ1) is 14.6. The maximum atomic E-state index is 11.6. The largest absolute Gasteiger partial charge is 0.448 e. The van der Waals surface area contributed by atoms with E-state index >= 15 is 0 Å². The van der Waals surface area contributed by atoms with Gasteiger partial charge in [-0.05, 0) is 37.0 Å². The van der Waals surface area contributed by atoms with Crippen molar-refractivity contribution in [2.24, 2.45) is 5.10 Å². The van der Waals surface area contributed by atoms with Gasteiger partial charge in [-0.25, -0.2) is 0 Å². The van der Waals surface area contributed by atoms with E-state index in [9.17, 15) is 4.79 Å². The van der Waals surface area contributed by atoms with Crippen molar-refractivity contribution in [1.29, 1.82) is 0 Å². The Morgan fingerprint density at radius 1 is 1.20 bits per heavy atom. The summed E-state index contributed by atoms with van der Waals surface area (Å²) in [4.78, 5) is 11.6. The average molecular weight is 274 g/mol. The van der Waals surface area contributed by atoms with Gasteiger partial charge in [0.2, 0.25) is 17.5 Å². The van der Waals surface area contributed by atoms with Crippen LogP contribution in [0.15, 0.2) is 29.4 Å². The number of hydrogen-bond acceptors (Lipinski definition) is 3. The Morgan fingerprint density at radius 3 is 2.15 bits per heavy atom. The predicted octanol–water partition coefficient (Wildman–Crippen LogP) is 3.26. The molecular formula is C16H22N2O2. The molecule has 0 atom stereocenters. The number of rotatable bonds is 1. The van der Waals surface area contributed by atoms with Crippen LogP contribution in [-0.2, 0) is 14.9 Å². The van der Waals surface area contributed by atoms with Crippen molar-refractivity contribution in [3.8, 4) is 0 Å². The zero-order valence-electron chi connectivity index (χ0n) is 13.0. The molecule has 1 amide bonds. The van der Waals surface area contributed by atoms with E-state index in [1.165, 1.54) is 17.5 Å². The van der Waals surface area contributed by atoms with Crippen molar-refractivity contribution >= 4 is 11.8 Å². The first-order valence-electron chi connectivity index (χ1n) is 6.80. The van der Waals surface area contributed by atoms with Gasteiger partial charge in [-0.15, -0.1) is 5.10 Å². The SMILES string of the molecule is CC(=O)N1N=C(c2ccc(C(C)(C)C)cc2)OC1(C)C. The normalized spacial score (nSPS) is 17.7. The molecule has 0 aromatic heterocycles. The summed E-state index contributed by atoms with van der Waals surface area (Å²) < 4.78 is 5.79. The van der Waals surface area contributed by atoms with Crippen LogP contribution in [0.4, 0.5) is 0 Å². The molecule has 0 fully saturated rings. The van der Waals surface area contributed by atoms with Crippen LogP contribution in [0.3, 0.4) is 0 Å². The standard InChI is InChI=1S/C16H22N2O2/c1-11(19)18-16(5,6)20-14(17-18)12-7-9-13(10-8-12)15(2,3)4/h7-10H,1-6H3. The Bertz CT molecular complexity index is 551. The molecule has 20 heavy (non-hydrogen) atoms. The highest BCUT2D eigenvalue weighted by atomic mass is 16.5. The van der Waals surface area contributed by atoms with Crippen LogP contribution in [0.2, 0.25) is 0 Å². The van der Waals surface area contributed by atoms with E-state index in [1.807, 2.05) is 26.0 Å². The molecule has 1 heterocycles. The number of nitrogens with zero attached hydrogens (tertiary/aromatic N) is 2. The zero-order chi connectivity index (χ0) is 15.1. The van der Waals surface area contributed by atoms with Gasteiger partial charge in [0.25, 0.3) is 0 Å². The summed E-state index contributed by atoms with van der Waals surface area (Å²) in [5, 5.41) is 5.66. The Hall–Kier alpha value is -1.84. The Kier molecular flexibility index (Phi) is 3.36. The van der Waals surface area contributed by atoms with Gasteiger partial charge >= 0.3 is 0 Å².